The van der Waals surface area contributed by atoms with Gasteiger partial charge in [0.2, 0.25) is 5.91 Å². The highest BCUT2D eigenvalue weighted by atomic mass is 32.2. The SMILES string of the molecule is C[C@@H]1CCC[C@H](NC(=O)[C@H](C)S(C)(=O)=O)C1. The first-order valence-electron chi connectivity index (χ1n) is 5.80. The van der Waals surface area contributed by atoms with Gasteiger partial charge in [-0.2, -0.15) is 0 Å². The van der Waals surface area contributed by atoms with Crippen molar-refractivity contribution in [2.75, 3.05) is 6.26 Å². The maximum absolute atomic E-state index is 11.7. The summed E-state index contributed by atoms with van der Waals surface area (Å²) >= 11 is 0. The van der Waals surface area contributed by atoms with Gasteiger partial charge in [-0.05, 0) is 25.7 Å². The summed E-state index contributed by atoms with van der Waals surface area (Å²) in [6, 6.07) is 0.153. The van der Waals surface area contributed by atoms with Crippen molar-refractivity contribution in [2.24, 2.45) is 5.92 Å². The Hall–Kier alpha value is -0.580. The van der Waals surface area contributed by atoms with Crippen molar-refractivity contribution in [2.45, 2.75) is 50.8 Å². The smallest absolute Gasteiger partial charge is 0.238 e. The summed E-state index contributed by atoms with van der Waals surface area (Å²) in [5, 5.41) is 1.90. The molecule has 0 aliphatic heterocycles. The van der Waals surface area contributed by atoms with Crippen LogP contribution in [0.3, 0.4) is 0 Å². The molecule has 1 aliphatic rings. The first-order chi connectivity index (χ1) is 7.30. The first-order valence-corrected chi connectivity index (χ1v) is 7.75. The highest BCUT2D eigenvalue weighted by Crippen LogP contribution is 2.23. The lowest BCUT2D eigenvalue weighted by Gasteiger charge is -2.28. The van der Waals surface area contributed by atoms with Gasteiger partial charge in [-0.3, -0.25) is 4.79 Å². The fraction of sp³-hybridized carbons (Fsp3) is 0.909. The maximum atomic E-state index is 11.7. The van der Waals surface area contributed by atoms with Crippen molar-refractivity contribution < 1.29 is 13.2 Å². The van der Waals surface area contributed by atoms with Gasteiger partial charge >= 0.3 is 0 Å². The number of amides is 1. The molecule has 1 saturated carbocycles. The third kappa shape index (κ3) is 3.77. The lowest BCUT2D eigenvalue weighted by molar-refractivity contribution is -0.121. The van der Waals surface area contributed by atoms with E-state index in [1.807, 2.05) is 0 Å². The van der Waals surface area contributed by atoms with Crippen LogP contribution in [-0.4, -0.2) is 31.9 Å². The van der Waals surface area contributed by atoms with Crippen molar-refractivity contribution >= 4 is 15.7 Å². The number of hydrogen-bond acceptors (Lipinski definition) is 3. The van der Waals surface area contributed by atoms with E-state index in [0.29, 0.717) is 5.92 Å². The third-order valence-corrected chi connectivity index (χ3v) is 4.79. The molecule has 0 heterocycles. The van der Waals surface area contributed by atoms with Gasteiger partial charge < -0.3 is 5.32 Å². The highest BCUT2D eigenvalue weighted by molar-refractivity contribution is 7.92. The Kier molecular flexibility index (Phi) is 4.35. The molecule has 1 aliphatic carbocycles. The van der Waals surface area contributed by atoms with E-state index in [9.17, 15) is 13.2 Å². The van der Waals surface area contributed by atoms with E-state index in [4.69, 9.17) is 0 Å². The molecule has 0 unspecified atom stereocenters. The van der Waals surface area contributed by atoms with Crippen LogP contribution in [0.15, 0.2) is 0 Å². The molecule has 0 aromatic carbocycles. The van der Waals surface area contributed by atoms with Crippen LogP contribution < -0.4 is 5.32 Å². The van der Waals surface area contributed by atoms with E-state index in [1.165, 1.54) is 13.3 Å². The number of hydrogen-bond donors (Lipinski definition) is 1. The Labute approximate surface area is 97.7 Å². The summed E-state index contributed by atoms with van der Waals surface area (Å²) in [5.41, 5.74) is 0. The van der Waals surface area contributed by atoms with Gasteiger partial charge in [0.05, 0.1) is 0 Å². The van der Waals surface area contributed by atoms with E-state index in [2.05, 4.69) is 12.2 Å². The molecule has 0 bridgehead atoms. The van der Waals surface area contributed by atoms with Crippen molar-refractivity contribution in [3.8, 4) is 0 Å². The zero-order valence-corrected chi connectivity index (χ0v) is 11.0. The summed E-state index contributed by atoms with van der Waals surface area (Å²) in [4.78, 5) is 11.7. The van der Waals surface area contributed by atoms with Crippen LogP contribution >= 0.6 is 0 Å². The lowest BCUT2D eigenvalue weighted by atomic mass is 9.87. The van der Waals surface area contributed by atoms with Crippen LogP contribution in [0.5, 0.6) is 0 Å². The Morgan fingerprint density at radius 1 is 1.38 bits per heavy atom. The second kappa shape index (κ2) is 5.17. The summed E-state index contributed by atoms with van der Waals surface area (Å²) in [7, 11) is -3.28. The average Bonchev–Trinajstić information content (AvgIpc) is 2.15. The lowest BCUT2D eigenvalue weighted by Crippen LogP contribution is -2.44. The number of carbonyl (C=O) groups excluding carboxylic acids is 1. The third-order valence-electron chi connectivity index (χ3n) is 3.29. The quantitative estimate of drug-likeness (QED) is 0.812. The zero-order valence-electron chi connectivity index (χ0n) is 10.2. The van der Waals surface area contributed by atoms with E-state index in [0.717, 1.165) is 25.5 Å². The van der Waals surface area contributed by atoms with Gasteiger partial charge in [-0.1, -0.05) is 19.8 Å². The number of nitrogens with one attached hydrogen (secondary N) is 1. The minimum absolute atomic E-state index is 0.153. The van der Waals surface area contributed by atoms with Crippen molar-refractivity contribution in [1.29, 1.82) is 0 Å². The monoisotopic (exact) mass is 247 g/mol. The molecule has 0 spiro atoms. The second-order valence-corrected chi connectivity index (χ2v) is 7.32. The molecule has 4 nitrogen and oxygen atoms in total. The second-order valence-electron chi connectivity index (χ2n) is 4.95. The van der Waals surface area contributed by atoms with Gasteiger partial charge in [-0.25, -0.2) is 8.42 Å². The van der Waals surface area contributed by atoms with Crippen molar-refractivity contribution in [3.05, 3.63) is 0 Å². The van der Waals surface area contributed by atoms with Crippen LogP contribution in [0.1, 0.15) is 39.5 Å². The normalized spacial score (nSPS) is 28.4. The van der Waals surface area contributed by atoms with E-state index in [-0.39, 0.29) is 11.9 Å². The molecule has 0 aromatic heterocycles. The zero-order chi connectivity index (χ0) is 12.3. The van der Waals surface area contributed by atoms with Crippen LogP contribution in [-0.2, 0) is 14.6 Å². The summed E-state index contributed by atoms with van der Waals surface area (Å²) in [6.07, 6.45) is 5.34. The molecule has 1 N–H and O–H groups in total. The molecule has 1 fully saturated rings. The van der Waals surface area contributed by atoms with Crippen LogP contribution in [0.2, 0.25) is 0 Å². The van der Waals surface area contributed by atoms with Crippen molar-refractivity contribution in [1.82, 2.24) is 5.32 Å². The standard InChI is InChI=1S/C11H21NO3S/c1-8-5-4-6-10(7-8)12-11(13)9(2)16(3,14)15/h8-10H,4-7H2,1-3H3,(H,12,13)/t8-,9+,10+/m1/s1. The molecular weight excluding hydrogens is 226 g/mol. The largest absolute Gasteiger partial charge is 0.352 e. The predicted molar refractivity (Wildman–Crippen MR) is 63.9 cm³/mol. The van der Waals surface area contributed by atoms with Gasteiger partial charge in [0.1, 0.15) is 5.25 Å². The molecule has 0 saturated heterocycles. The topological polar surface area (TPSA) is 63.2 Å². The Morgan fingerprint density at radius 3 is 2.50 bits per heavy atom. The van der Waals surface area contributed by atoms with Crippen LogP contribution in [0.25, 0.3) is 0 Å². The molecule has 0 radical (unpaired) electrons. The van der Waals surface area contributed by atoms with Gasteiger partial charge in [0, 0.05) is 12.3 Å². The Balaban J connectivity index is 2.51. The van der Waals surface area contributed by atoms with Crippen LogP contribution in [0, 0.1) is 5.92 Å². The summed E-state index contributed by atoms with van der Waals surface area (Å²) in [5.74, 6) is 0.259. The Morgan fingerprint density at radius 2 is 2.00 bits per heavy atom. The van der Waals surface area contributed by atoms with E-state index in [1.54, 1.807) is 0 Å². The molecular formula is C11H21NO3S. The number of carbonyl (C=O) groups is 1. The fourth-order valence-corrected chi connectivity index (χ4v) is 2.54. The first kappa shape index (κ1) is 13.5. The summed E-state index contributed by atoms with van der Waals surface area (Å²) in [6.45, 7) is 3.61. The van der Waals surface area contributed by atoms with Gasteiger partial charge in [0.15, 0.2) is 9.84 Å². The average molecular weight is 247 g/mol. The molecule has 1 rings (SSSR count). The Bertz CT molecular complexity index is 350. The van der Waals surface area contributed by atoms with Gasteiger partial charge in [0.25, 0.3) is 0 Å². The van der Waals surface area contributed by atoms with E-state index >= 15 is 0 Å². The van der Waals surface area contributed by atoms with E-state index < -0.39 is 15.1 Å². The molecule has 3 atom stereocenters. The molecule has 16 heavy (non-hydrogen) atoms. The van der Waals surface area contributed by atoms with Crippen LogP contribution in [0.4, 0.5) is 0 Å². The highest BCUT2D eigenvalue weighted by Gasteiger charge is 2.27. The minimum atomic E-state index is -3.28. The molecule has 0 aromatic rings. The molecule has 1 amide bonds. The summed E-state index contributed by atoms with van der Waals surface area (Å²) < 4.78 is 22.4. The minimum Gasteiger partial charge on any atom is -0.352 e. The predicted octanol–water partition coefficient (Wildman–Crippen LogP) is 1.11. The number of rotatable bonds is 3. The number of sulfone groups is 1. The van der Waals surface area contributed by atoms with Crippen molar-refractivity contribution in [3.63, 3.8) is 0 Å². The fourth-order valence-electron chi connectivity index (χ4n) is 2.08. The van der Waals surface area contributed by atoms with Gasteiger partial charge in [-0.15, -0.1) is 0 Å². The molecule has 5 heteroatoms. The molecule has 94 valence electrons. The maximum Gasteiger partial charge on any atom is 0.238 e.